The third-order valence-corrected chi connectivity index (χ3v) is 20.7. The van der Waals surface area contributed by atoms with E-state index >= 15 is 0 Å². The molecule has 16 nitrogen and oxygen atoms in total. The van der Waals surface area contributed by atoms with Gasteiger partial charge < -0.3 is 34.2 Å². The lowest BCUT2D eigenvalue weighted by molar-refractivity contribution is -0.161. The second-order valence-corrected chi connectivity index (χ2v) is 32.9. The van der Waals surface area contributed by atoms with Crippen LogP contribution in [0, 0.1) is 0 Å². The third kappa shape index (κ3) is 91.0. The van der Waals surface area contributed by atoms with Gasteiger partial charge in [-0.1, -0.05) is 363 Å². The average molecular weight is 1670 g/mol. The zero-order chi connectivity index (χ0) is 85.1. The van der Waals surface area contributed by atoms with Crippen molar-refractivity contribution in [3.05, 3.63) is 194 Å². The van der Waals surface area contributed by atoms with Crippen molar-refractivity contribution >= 4 is 33.6 Å². The van der Waals surface area contributed by atoms with Gasteiger partial charge in [0.15, 0.2) is 6.10 Å². The van der Waals surface area contributed by atoms with Crippen LogP contribution in [0.25, 0.3) is 0 Å². The fourth-order valence-electron chi connectivity index (χ4n) is 11.9. The molecule has 0 aliphatic rings. The van der Waals surface area contributed by atoms with Crippen LogP contribution in [-0.2, 0) is 55.8 Å². The van der Waals surface area contributed by atoms with Crippen LogP contribution in [0.2, 0.25) is 0 Å². The zero-order valence-electron chi connectivity index (χ0n) is 73.3. The summed E-state index contributed by atoms with van der Waals surface area (Å²) in [6.45, 7) is 2.42. The van der Waals surface area contributed by atoms with Gasteiger partial charge in [0.1, 0.15) is 25.4 Å². The molecule has 5 unspecified atom stereocenters. The first-order chi connectivity index (χ1) is 57.2. The van der Waals surface area contributed by atoms with Gasteiger partial charge in [-0.2, -0.15) is 0 Å². The molecule has 0 amide bonds. The molecular formula is C99H164O16P2. The minimum absolute atomic E-state index is 0.0798. The van der Waals surface area contributed by atoms with E-state index in [2.05, 4.69) is 215 Å². The molecule has 0 aliphatic carbocycles. The van der Waals surface area contributed by atoms with Crippen LogP contribution in [0.1, 0.15) is 355 Å². The van der Waals surface area contributed by atoms with Crippen LogP contribution in [-0.4, -0.2) is 95.9 Å². The van der Waals surface area contributed by atoms with E-state index in [1.807, 2.05) is 0 Å². The molecule has 0 bridgehead atoms. The Balaban J connectivity index is 4.70. The van der Waals surface area contributed by atoms with Crippen molar-refractivity contribution in [3.8, 4) is 0 Å². The summed E-state index contributed by atoms with van der Waals surface area (Å²) in [6, 6.07) is 0. The average Bonchev–Trinajstić information content (AvgIpc) is 0.904. The highest BCUT2D eigenvalue weighted by atomic mass is 31.2. The van der Waals surface area contributed by atoms with E-state index in [1.54, 1.807) is 0 Å². The molecule has 0 saturated heterocycles. The molecule has 0 aliphatic heterocycles. The fourth-order valence-corrected chi connectivity index (χ4v) is 13.5. The number of carbonyl (C=O) groups is 3. The summed E-state index contributed by atoms with van der Waals surface area (Å²) >= 11 is 0. The Labute approximate surface area is 712 Å². The van der Waals surface area contributed by atoms with Crippen molar-refractivity contribution in [2.24, 2.45) is 0 Å². The summed E-state index contributed by atoms with van der Waals surface area (Å²) in [4.78, 5) is 59.0. The van der Waals surface area contributed by atoms with Crippen LogP contribution >= 0.6 is 15.6 Å². The molecule has 0 spiro atoms. The molecule has 4 N–H and O–H groups in total. The number of hydrogen-bond acceptors (Lipinski definition) is 14. The molecule has 5 atom stereocenters. The smallest absolute Gasteiger partial charge is 0.463 e. The predicted octanol–water partition coefficient (Wildman–Crippen LogP) is 28.2. The fraction of sp³-hybridized carbons (Fsp3) is 0.646. The lowest BCUT2D eigenvalue weighted by Gasteiger charge is -2.21. The first kappa shape index (κ1) is 111. The number of rotatable bonds is 85. The second kappa shape index (κ2) is 89.6. The molecule has 0 aromatic rings. The highest BCUT2D eigenvalue weighted by Gasteiger charge is 2.29. The Bertz CT molecular complexity index is 2910. The molecule has 0 rings (SSSR count). The van der Waals surface area contributed by atoms with Crippen molar-refractivity contribution in [1.29, 1.82) is 0 Å². The Morgan fingerprint density at radius 2 is 0.453 bits per heavy atom. The number of aliphatic hydroxyl groups excluding tert-OH is 2. The molecule has 117 heavy (non-hydrogen) atoms. The van der Waals surface area contributed by atoms with E-state index in [-0.39, 0.29) is 19.3 Å². The molecule has 0 aromatic carbocycles. The van der Waals surface area contributed by atoms with Gasteiger partial charge >= 0.3 is 33.6 Å². The van der Waals surface area contributed by atoms with E-state index in [9.17, 15) is 43.5 Å². The van der Waals surface area contributed by atoms with Gasteiger partial charge in [0.05, 0.1) is 26.4 Å². The highest BCUT2D eigenvalue weighted by Crippen LogP contribution is 2.45. The Morgan fingerprint density at radius 1 is 0.248 bits per heavy atom. The zero-order valence-corrected chi connectivity index (χ0v) is 75.1. The lowest BCUT2D eigenvalue weighted by atomic mass is 10.0. The van der Waals surface area contributed by atoms with Crippen LogP contribution < -0.4 is 0 Å². The molecule has 0 saturated carbocycles. The monoisotopic (exact) mass is 1670 g/mol. The lowest BCUT2D eigenvalue weighted by Crippen LogP contribution is -2.30. The maximum Gasteiger partial charge on any atom is 0.472 e. The number of unbranched alkanes of at least 4 members (excludes halogenated alkanes) is 30. The quantitative estimate of drug-likeness (QED) is 0.0146. The minimum atomic E-state index is -4.95. The SMILES string of the molecule is CC/C=C\C/C=C\C/C=C\C/C=C\C/C=C\C/C=C\CCCCCCCCCCCCC(=O)OCC(O)COP(=O)(O)OCC(O)COP(=O)(O)OCC(COC(=O)CCCCCCCCCCCCC/C=C\C/C=C\C/C=C\C/C=C\CCCCC)OC(=O)CCCCCCCC/C=C\C/C=C\C/C=C\C/C=C\C/C=C\C/C=C\CC. The standard InChI is InChI=1S/C99H164O16P2/c1-4-7-10-13-16-19-22-25-28-31-34-37-40-43-45-46-48-51-52-55-58-61-64-67-70-73-76-79-82-85-97(102)109-88-94(100)89-111-116(105,106)112-90-95(101)91-113-117(107,108)114-93-96(115-99(104)87-84-81-78-75-72-69-66-63-60-57-54-49-42-39-36-33-30-27-24-21-18-15-12-9-6-3)92-110-98(103)86-83-80-77-74-71-68-65-62-59-56-53-50-47-44-41-38-35-32-29-26-23-20-17-14-11-8-5-2/h7,9-10,12,16-21,25-30,34-39,43-45,47-49,51,54,60,63,94-96,100-101H,4-6,8,11,13-15,22-24,31-33,40-42,46,50,52-53,55-59,61-62,64-93H2,1-3H3,(H,105,106)(H,107,108)/b10-7-,12-9-,19-16-,20-17-,21-18-,28-25-,29-26-,30-27-,37-34-,38-35-,39-36-,45-43-,47-44-,51-48-,54-49-,63-60-. The van der Waals surface area contributed by atoms with E-state index < -0.39 is 91.5 Å². The molecule has 0 fully saturated rings. The first-order valence-electron chi connectivity index (χ1n) is 45.7. The van der Waals surface area contributed by atoms with Gasteiger partial charge in [-0.3, -0.25) is 32.5 Å². The number of phosphoric ester groups is 2. The number of aliphatic hydroxyl groups is 2. The molecule has 0 radical (unpaired) electrons. The Morgan fingerprint density at radius 3 is 0.718 bits per heavy atom. The van der Waals surface area contributed by atoms with E-state index in [1.165, 1.54) is 96.3 Å². The number of ether oxygens (including phenoxy) is 3. The summed E-state index contributed by atoms with van der Waals surface area (Å²) in [5, 5.41) is 20.7. The first-order valence-corrected chi connectivity index (χ1v) is 48.7. The molecule has 0 aromatic heterocycles. The predicted molar refractivity (Wildman–Crippen MR) is 491 cm³/mol. The van der Waals surface area contributed by atoms with Gasteiger partial charge in [-0.05, 0) is 167 Å². The topological polar surface area (TPSA) is 231 Å². The summed E-state index contributed by atoms with van der Waals surface area (Å²) in [5.41, 5.74) is 0. The minimum Gasteiger partial charge on any atom is -0.463 e. The maximum atomic E-state index is 13.1. The van der Waals surface area contributed by atoms with Crippen molar-refractivity contribution in [1.82, 2.24) is 0 Å². The normalized spacial score (nSPS) is 14.7. The van der Waals surface area contributed by atoms with Crippen LogP contribution in [0.4, 0.5) is 0 Å². The van der Waals surface area contributed by atoms with Gasteiger partial charge in [0, 0.05) is 19.3 Å². The van der Waals surface area contributed by atoms with Crippen molar-refractivity contribution in [3.63, 3.8) is 0 Å². The number of esters is 3. The molecular weight excluding hydrogens is 1510 g/mol. The van der Waals surface area contributed by atoms with Gasteiger partial charge in [0.25, 0.3) is 0 Å². The number of allylic oxidation sites excluding steroid dienone is 32. The maximum absolute atomic E-state index is 13.1. The van der Waals surface area contributed by atoms with E-state index in [0.717, 1.165) is 199 Å². The summed E-state index contributed by atoms with van der Waals surface area (Å²) in [5.74, 6) is -1.60. The van der Waals surface area contributed by atoms with Crippen molar-refractivity contribution in [2.45, 2.75) is 373 Å². The summed E-state index contributed by atoms with van der Waals surface area (Å²) in [6.07, 6.45) is 119. The number of hydrogen-bond donors (Lipinski definition) is 4. The number of carbonyl (C=O) groups excluding carboxylic acids is 3. The van der Waals surface area contributed by atoms with Gasteiger partial charge in [0.2, 0.25) is 0 Å². The highest BCUT2D eigenvalue weighted by molar-refractivity contribution is 7.47. The second-order valence-electron chi connectivity index (χ2n) is 30.0. The molecule has 0 heterocycles. The third-order valence-electron chi connectivity index (χ3n) is 18.8. The van der Waals surface area contributed by atoms with Crippen LogP contribution in [0.15, 0.2) is 194 Å². The van der Waals surface area contributed by atoms with Crippen LogP contribution in [0.3, 0.4) is 0 Å². The largest absolute Gasteiger partial charge is 0.472 e. The Kier molecular flexibility index (Phi) is 85.3. The van der Waals surface area contributed by atoms with E-state index in [4.69, 9.17) is 32.3 Å². The van der Waals surface area contributed by atoms with E-state index in [0.29, 0.717) is 19.3 Å². The van der Waals surface area contributed by atoms with Crippen LogP contribution in [0.5, 0.6) is 0 Å². The molecule has 18 heteroatoms. The summed E-state index contributed by atoms with van der Waals surface area (Å²) < 4.78 is 61.5. The number of phosphoric acid groups is 2. The summed E-state index contributed by atoms with van der Waals surface area (Å²) in [7, 11) is -9.83. The van der Waals surface area contributed by atoms with Gasteiger partial charge in [-0.15, -0.1) is 0 Å². The van der Waals surface area contributed by atoms with Crippen molar-refractivity contribution < 1.29 is 75.8 Å². The Hall–Kier alpha value is -5.61. The van der Waals surface area contributed by atoms with Gasteiger partial charge in [-0.25, -0.2) is 9.13 Å². The van der Waals surface area contributed by atoms with Crippen molar-refractivity contribution in [2.75, 3.05) is 39.6 Å². The molecule has 666 valence electrons.